The largest absolute Gasteiger partial charge is 0.481 e. The van der Waals surface area contributed by atoms with Crippen LogP contribution in [0.1, 0.15) is 116 Å². The molecule has 0 bridgehead atoms. The van der Waals surface area contributed by atoms with E-state index in [4.69, 9.17) is 47.7 Å². The number of amides is 1. The lowest BCUT2D eigenvalue weighted by Crippen LogP contribution is -2.25. The molecule has 0 saturated carbocycles. The van der Waals surface area contributed by atoms with Gasteiger partial charge >= 0.3 is 11.9 Å². The molecule has 0 heterocycles. The number of carboxylic acids is 1. The van der Waals surface area contributed by atoms with Gasteiger partial charge < -0.3 is 53.1 Å². The predicted molar refractivity (Wildman–Crippen MR) is 202 cm³/mol. The molecule has 0 aliphatic heterocycles. The van der Waals surface area contributed by atoms with E-state index in [-0.39, 0.29) is 31.3 Å². The van der Waals surface area contributed by atoms with Gasteiger partial charge in [0.05, 0.1) is 106 Å². The van der Waals surface area contributed by atoms with Crippen LogP contribution < -0.4 is 5.32 Å². The van der Waals surface area contributed by atoms with E-state index in [9.17, 15) is 14.4 Å². The Bertz CT molecular complexity index is 790. The van der Waals surface area contributed by atoms with Gasteiger partial charge in [-0.25, -0.2) is 0 Å². The normalized spacial score (nSPS) is 11.3. The number of carboxylic acid groups (broad SMARTS) is 1. The molecule has 53 heavy (non-hydrogen) atoms. The molecular formula is C39H75NO13. The van der Waals surface area contributed by atoms with Crippen LogP contribution in [-0.2, 0) is 57.0 Å². The van der Waals surface area contributed by atoms with Gasteiger partial charge in [-0.1, -0.05) is 84.0 Å². The molecule has 0 aromatic carbocycles. The molecule has 0 rings (SSSR count). The monoisotopic (exact) mass is 766 g/mol. The van der Waals surface area contributed by atoms with Crippen LogP contribution in [0.25, 0.3) is 0 Å². The van der Waals surface area contributed by atoms with Crippen LogP contribution in [-0.4, -0.2) is 142 Å². The van der Waals surface area contributed by atoms with Crippen molar-refractivity contribution in [2.24, 2.45) is 0 Å². The lowest BCUT2D eigenvalue weighted by molar-refractivity contribution is -0.145. The highest BCUT2D eigenvalue weighted by atomic mass is 16.6. The molecule has 1 amide bonds. The highest BCUT2D eigenvalue weighted by Crippen LogP contribution is 2.13. The minimum absolute atomic E-state index is 0.0108. The maximum absolute atomic E-state index is 11.9. The molecule has 0 spiro atoms. The van der Waals surface area contributed by atoms with Gasteiger partial charge in [0.25, 0.3) is 0 Å². The van der Waals surface area contributed by atoms with E-state index in [1.54, 1.807) is 0 Å². The van der Waals surface area contributed by atoms with Gasteiger partial charge in [0, 0.05) is 26.0 Å². The third kappa shape index (κ3) is 46.2. The van der Waals surface area contributed by atoms with Crippen molar-refractivity contribution in [2.45, 2.75) is 116 Å². The van der Waals surface area contributed by atoms with Gasteiger partial charge in [-0.3, -0.25) is 14.4 Å². The molecule has 0 aromatic rings. The molecule has 0 aliphatic carbocycles. The Balaban J connectivity index is 3.15. The summed E-state index contributed by atoms with van der Waals surface area (Å²) in [6.45, 7) is 10.4. The molecule has 0 radical (unpaired) electrons. The topological polar surface area (TPSA) is 167 Å². The maximum atomic E-state index is 11.9. The SMILES string of the molecule is CCCCCCCCCCCCCCCC(=O)OCCOCCOCCOCCOCCOCCOCCOCCOCCCNC(=O)CCC(=O)O. The maximum Gasteiger partial charge on any atom is 0.305 e. The molecular weight excluding hydrogens is 690 g/mol. The number of unbranched alkanes of at least 4 members (excludes halogenated alkanes) is 12. The summed E-state index contributed by atoms with van der Waals surface area (Å²) in [7, 11) is 0. The molecule has 14 heteroatoms. The van der Waals surface area contributed by atoms with Crippen LogP contribution >= 0.6 is 0 Å². The minimum Gasteiger partial charge on any atom is -0.481 e. The highest BCUT2D eigenvalue weighted by molar-refractivity contribution is 5.80. The zero-order valence-corrected chi connectivity index (χ0v) is 33.1. The van der Waals surface area contributed by atoms with Crippen LogP contribution in [0.2, 0.25) is 0 Å². The minimum atomic E-state index is -0.983. The predicted octanol–water partition coefficient (Wildman–Crippen LogP) is 5.51. The summed E-state index contributed by atoms with van der Waals surface area (Å²) in [6, 6.07) is 0. The molecule has 2 N–H and O–H groups in total. The number of carbonyl (C=O) groups is 3. The average Bonchev–Trinajstić information content (AvgIpc) is 3.15. The fourth-order valence-corrected chi connectivity index (χ4v) is 4.93. The molecule has 314 valence electrons. The Morgan fingerprint density at radius 3 is 1.11 bits per heavy atom. The van der Waals surface area contributed by atoms with E-state index in [0.717, 1.165) is 12.8 Å². The van der Waals surface area contributed by atoms with E-state index in [2.05, 4.69) is 12.2 Å². The summed E-state index contributed by atoms with van der Waals surface area (Å²) in [5.74, 6) is -1.39. The third-order valence-corrected chi connectivity index (χ3v) is 7.93. The second kappa shape index (κ2) is 44.5. The molecule has 14 nitrogen and oxygen atoms in total. The van der Waals surface area contributed by atoms with Crippen LogP contribution in [0.15, 0.2) is 0 Å². The number of carbonyl (C=O) groups excluding carboxylic acids is 2. The average molecular weight is 766 g/mol. The summed E-state index contributed by atoms with van der Waals surface area (Å²) < 4.78 is 48.9. The fourth-order valence-electron chi connectivity index (χ4n) is 4.93. The summed E-state index contributed by atoms with van der Waals surface area (Å²) in [5, 5.41) is 11.2. The molecule has 0 atom stereocenters. The highest BCUT2D eigenvalue weighted by Gasteiger charge is 2.05. The van der Waals surface area contributed by atoms with Gasteiger partial charge in [-0.15, -0.1) is 0 Å². The zero-order valence-electron chi connectivity index (χ0n) is 33.1. The fraction of sp³-hybridized carbons (Fsp3) is 0.923. The Morgan fingerprint density at radius 1 is 0.396 bits per heavy atom. The van der Waals surface area contributed by atoms with Crippen LogP contribution in [0, 0.1) is 0 Å². The Labute approximate surface area is 319 Å². The Morgan fingerprint density at radius 2 is 0.736 bits per heavy atom. The molecule has 0 aliphatic rings. The van der Waals surface area contributed by atoms with E-state index in [1.165, 1.54) is 70.6 Å². The van der Waals surface area contributed by atoms with Crippen LogP contribution in [0.4, 0.5) is 0 Å². The number of rotatable bonds is 45. The van der Waals surface area contributed by atoms with E-state index in [0.29, 0.717) is 125 Å². The smallest absolute Gasteiger partial charge is 0.305 e. The summed E-state index contributed by atoms with van der Waals surface area (Å²) in [5.41, 5.74) is 0. The van der Waals surface area contributed by atoms with Crippen molar-refractivity contribution in [2.75, 3.05) is 119 Å². The molecule has 0 fully saturated rings. The first kappa shape index (κ1) is 51.1. The summed E-state index contributed by atoms with van der Waals surface area (Å²) in [6.07, 6.45) is 17.7. The molecule has 0 aromatic heterocycles. The molecule has 0 unspecified atom stereocenters. The number of esters is 1. The van der Waals surface area contributed by atoms with Gasteiger partial charge in [0.15, 0.2) is 0 Å². The Kier molecular flexibility index (Phi) is 42.9. The standard InChI is InChI=1S/C39H75NO13/c1-2-3-4-5-6-7-8-9-10-11-12-13-14-16-39(44)53-36-35-52-34-33-51-32-31-50-30-29-49-28-27-48-26-25-47-24-23-46-22-21-45-20-15-19-40-37(41)17-18-38(42)43/h2-36H2,1H3,(H,40,41)(H,42,43). The van der Waals surface area contributed by atoms with Gasteiger partial charge in [0.1, 0.15) is 6.61 Å². The van der Waals surface area contributed by atoms with Crippen molar-refractivity contribution in [3.8, 4) is 0 Å². The number of nitrogens with one attached hydrogen (secondary N) is 1. The summed E-state index contributed by atoms with van der Waals surface area (Å²) in [4.78, 5) is 33.7. The van der Waals surface area contributed by atoms with Gasteiger partial charge in [0.2, 0.25) is 5.91 Å². The quantitative estimate of drug-likeness (QED) is 0.0589. The lowest BCUT2D eigenvalue weighted by Gasteiger charge is -2.09. The van der Waals surface area contributed by atoms with Gasteiger partial charge in [-0.2, -0.15) is 0 Å². The number of aliphatic carboxylic acids is 1. The van der Waals surface area contributed by atoms with E-state index < -0.39 is 5.97 Å². The molecule has 0 saturated heterocycles. The van der Waals surface area contributed by atoms with Crippen molar-refractivity contribution in [1.29, 1.82) is 0 Å². The summed E-state index contributed by atoms with van der Waals surface area (Å²) >= 11 is 0. The van der Waals surface area contributed by atoms with Crippen molar-refractivity contribution in [3.63, 3.8) is 0 Å². The van der Waals surface area contributed by atoms with Crippen molar-refractivity contribution >= 4 is 17.8 Å². The number of hydrogen-bond acceptors (Lipinski definition) is 12. The lowest BCUT2D eigenvalue weighted by atomic mass is 10.0. The Hall–Kier alpha value is -1.91. The number of ether oxygens (including phenoxy) is 9. The van der Waals surface area contributed by atoms with E-state index in [1.807, 2.05) is 0 Å². The van der Waals surface area contributed by atoms with Crippen LogP contribution in [0.3, 0.4) is 0 Å². The first-order chi connectivity index (χ1) is 26.1. The van der Waals surface area contributed by atoms with Crippen molar-refractivity contribution in [3.05, 3.63) is 0 Å². The van der Waals surface area contributed by atoms with Crippen LogP contribution in [0.5, 0.6) is 0 Å². The third-order valence-electron chi connectivity index (χ3n) is 7.93. The second-order valence-electron chi connectivity index (χ2n) is 12.7. The van der Waals surface area contributed by atoms with E-state index >= 15 is 0 Å². The van der Waals surface area contributed by atoms with Crippen molar-refractivity contribution in [1.82, 2.24) is 5.32 Å². The first-order valence-corrected chi connectivity index (χ1v) is 20.3. The van der Waals surface area contributed by atoms with Crippen molar-refractivity contribution < 1.29 is 62.1 Å². The zero-order chi connectivity index (χ0) is 38.6. The second-order valence-corrected chi connectivity index (χ2v) is 12.7. The van der Waals surface area contributed by atoms with Gasteiger partial charge in [-0.05, 0) is 12.8 Å². The first-order valence-electron chi connectivity index (χ1n) is 20.3. The number of hydrogen-bond donors (Lipinski definition) is 2.